The Bertz CT molecular complexity index is 385. The van der Waals surface area contributed by atoms with Crippen LogP contribution in [0.15, 0.2) is 18.2 Å². The minimum atomic E-state index is -0.934. The molecule has 0 aliphatic carbocycles. The van der Waals surface area contributed by atoms with E-state index in [9.17, 15) is 4.79 Å². The first-order valence-electron chi connectivity index (χ1n) is 6.62. The lowest BCUT2D eigenvalue weighted by Crippen LogP contribution is -2.04. The third-order valence-corrected chi connectivity index (χ3v) is 2.87. The number of unbranched alkanes of at least 4 members (excludes halogenated alkanes) is 4. The maximum atomic E-state index is 11.0. The van der Waals surface area contributed by atoms with Crippen LogP contribution in [0.25, 0.3) is 0 Å². The molecule has 0 heterocycles. The molecule has 0 amide bonds. The van der Waals surface area contributed by atoms with Crippen LogP contribution in [0.3, 0.4) is 0 Å². The molecule has 0 bridgehead atoms. The Balaban J connectivity index is 2.45. The van der Waals surface area contributed by atoms with Crippen molar-refractivity contribution in [1.29, 1.82) is 0 Å². The van der Waals surface area contributed by atoms with Crippen molar-refractivity contribution in [2.75, 3.05) is 6.61 Å². The van der Waals surface area contributed by atoms with E-state index in [2.05, 4.69) is 6.92 Å². The van der Waals surface area contributed by atoms with Crippen molar-refractivity contribution < 1.29 is 14.6 Å². The van der Waals surface area contributed by atoms with E-state index >= 15 is 0 Å². The lowest BCUT2D eigenvalue weighted by atomic mass is 10.1. The van der Waals surface area contributed by atoms with Crippen molar-refractivity contribution in [2.24, 2.45) is 0 Å². The highest BCUT2D eigenvalue weighted by Gasteiger charge is 2.10. The van der Waals surface area contributed by atoms with Gasteiger partial charge in [-0.15, -0.1) is 0 Å². The second-order valence-corrected chi connectivity index (χ2v) is 4.57. The largest absolute Gasteiger partial charge is 0.493 e. The van der Waals surface area contributed by atoms with E-state index in [4.69, 9.17) is 9.84 Å². The fraction of sp³-hybridized carbons (Fsp3) is 0.533. The van der Waals surface area contributed by atoms with Gasteiger partial charge in [0.25, 0.3) is 0 Å². The molecule has 0 saturated heterocycles. The van der Waals surface area contributed by atoms with Gasteiger partial charge >= 0.3 is 5.97 Å². The van der Waals surface area contributed by atoms with Crippen molar-refractivity contribution >= 4 is 5.97 Å². The fourth-order valence-corrected chi connectivity index (χ4v) is 1.81. The van der Waals surface area contributed by atoms with Crippen LogP contribution < -0.4 is 4.74 Å². The summed E-state index contributed by atoms with van der Waals surface area (Å²) >= 11 is 0. The molecule has 100 valence electrons. The van der Waals surface area contributed by atoms with Gasteiger partial charge in [-0.25, -0.2) is 4.79 Å². The molecule has 0 saturated carbocycles. The molecule has 0 radical (unpaired) electrons. The average Bonchev–Trinajstić information content (AvgIpc) is 2.33. The van der Waals surface area contributed by atoms with Crippen LogP contribution >= 0.6 is 0 Å². The fourth-order valence-electron chi connectivity index (χ4n) is 1.81. The van der Waals surface area contributed by atoms with Crippen LogP contribution in [0.5, 0.6) is 5.75 Å². The van der Waals surface area contributed by atoms with Crippen LogP contribution in [0.2, 0.25) is 0 Å². The number of carbonyl (C=O) groups is 1. The smallest absolute Gasteiger partial charge is 0.339 e. The molecule has 0 spiro atoms. The summed E-state index contributed by atoms with van der Waals surface area (Å²) in [6.07, 6.45) is 5.82. The maximum Gasteiger partial charge on any atom is 0.339 e. The van der Waals surface area contributed by atoms with Gasteiger partial charge in [0.05, 0.1) is 6.61 Å². The van der Waals surface area contributed by atoms with Crippen molar-refractivity contribution in [2.45, 2.75) is 46.0 Å². The normalized spacial score (nSPS) is 10.3. The van der Waals surface area contributed by atoms with Gasteiger partial charge in [0.15, 0.2) is 0 Å². The number of benzene rings is 1. The molecule has 0 aliphatic heterocycles. The second kappa shape index (κ2) is 7.75. The predicted octanol–water partition coefficient (Wildman–Crippen LogP) is 4.04. The first kappa shape index (κ1) is 14.6. The summed E-state index contributed by atoms with van der Waals surface area (Å²) in [5, 5.41) is 9.05. The summed E-state index contributed by atoms with van der Waals surface area (Å²) in [7, 11) is 0. The highest BCUT2D eigenvalue weighted by molar-refractivity contribution is 5.90. The molecule has 0 aromatic heterocycles. The van der Waals surface area contributed by atoms with Gasteiger partial charge in [0.1, 0.15) is 11.3 Å². The molecule has 0 aliphatic rings. The third-order valence-electron chi connectivity index (χ3n) is 2.87. The first-order chi connectivity index (χ1) is 8.65. The van der Waals surface area contributed by atoms with E-state index in [1.807, 2.05) is 6.92 Å². The highest BCUT2D eigenvalue weighted by Crippen LogP contribution is 2.20. The molecule has 0 atom stereocenters. The molecule has 1 N–H and O–H groups in total. The zero-order valence-corrected chi connectivity index (χ0v) is 11.2. The lowest BCUT2D eigenvalue weighted by Gasteiger charge is -2.09. The first-order valence-corrected chi connectivity index (χ1v) is 6.62. The molecule has 18 heavy (non-hydrogen) atoms. The van der Waals surface area contributed by atoms with Gasteiger partial charge in [-0.3, -0.25) is 0 Å². The minimum Gasteiger partial charge on any atom is -0.493 e. The van der Waals surface area contributed by atoms with Gasteiger partial charge in [0.2, 0.25) is 0 Å². The Morgan fingerprint density at radius 3 is 2.61 bits per heavy atom. The molecular weight excluding hydrogens is 228 g/mol. The van der Waals surface area contributed by atoms with Crippen LogP contribution in [0.4, 0.5) is 0 Å². The molecule has 1 rings (SSSR count). The quantitative estimate of drug-likeness (QED) is 0.708. The van der Waals surface area contributed by atoms with E-state index < -0.39 is 5.97 Å². The standard InChI is InChI=1S/C15H22O3/c1-3-4-5-6-7-10-18-14-11-12(2)8-9-13(14)15(16)17/h8-9,11H,3-7,10H2,1-2H3,(H,16,17). The van der Waals surface area contributed by atoms with Crippen LogP contribution in [0, 0.1) is 6.92 Å². The predicted molar refractivity (Wildman–Crippen MR) is 72.4 cm³/mol. The molecule has 3 nitrogen and oxygen atoms in total. The van der Waals surface area contributed by atoms with E-state index in [1.165, 1.54) is 19.3 Å². The van der Waals surface area contributed by atoms with Gasteiger partial charge in [0, 0.05) is 0 Å². The number of rotatable bonds is 8. The van der Waals surface area contributed by atoms with Crippen molar-refractivity contribution in [3.05, 3.63) is 29.3 Å². The molecule has 1 aromatic rings. The average molecular weight is 250 g/mol. The number of aryl methyl sites for hydroxylation is 1. The van der Waals surface area contributed by atoms with Gasteiger partial charge < -0.3 is 9.84 Å². The zero-order valence-electron chi connectivity index (χ0n) is 11.2. The van der Waals surface area contributed by atoms with Gasteiger partial charge in [-0.2, -0.15) is 0 Å². The highest BCUT2D eigenvalue weighted by atomic mass is 16.5. The Hall–Kier alpha value is -1.51. The van der Waals surface area contributed by atoms with Crippen molar-refractivity contribution in [3.8, 4) is 5.75 Å². The topological polar surface area (TPSA) is 46.5 Å². The second-order valence-electron chi connectivity index (χ2n) is 4.57. The Labute approximate surface area is 109 Å². The summed E-state index contributed by atoms with van der Waals surface area (Å²) in [6.45, 7) is 4.70. The van der Waals surface area contributed by atoms with E-state index in [1.54, 1.807) is 18.2 Å². The summed E-state index contributed by atoms with van der Waals surface area (Å²) in [5.74, 6) is -0.450. The summed E-state index contributed by atoms with van der Waals surface area (Å²) in [4.78, 5) is 11.0. The van der Waals surface area contributed by atoms with Crippen LogP contribution in [0.1, 0.15) is 54.9 Å². The third kappa shape index (κ3) is 4.78. The van der Waals surface area contributed by atoms with Crippen LogP contribution in [-0.4, -0.2) is 17.7 Å². The lowest BCUT2D eigenvalue weighted by molar-refractivity contribution is 0.0692. The SMILES string of the molecule is CCCCCCCOc1cc(C)ccc1C(=O)O. The molecule has 0 unspecified atom stereocenters. The number of ether oxygens (including phenoxy) is 1. The molecule has 0 fully saturated rings. The molecule has 3 heteroatoms. The van der Waals surface area contributed by atoms with E-state index in [0.717, 1.165) is 18.4 Å². The summed E-state index contributed by atoms with van der Waals surface area (Å²) in [5.41, 5.74) is 1.26. The van der Waals surface area contributed by atoms with Gasteiger partial charge in [-0.1, -0.05) is 38.7 Å². The summed E-state index contributed by atoms with van der Waals surface area (Å²) < 4.78 is 5.58. The maximum absolute atomic E-state index is 11.0. The zero-order chi connectivity index (χ0) is 13.4. The minimum absolute atomic E-state index is 0.245. The van der Waals surface area contributed by atoms with Crippen molar-refractivity contribution in [3.63, 3.8) is 0 Å². The number of carboxylic acids is 1. The Kier molecular flexibility index (Phi) is 6.26. The van der Waals surface area contributed by atoms with E-state index in [-0.39, 0.29) is 5.56 Å². The number of hydrogen-bond acceptors (Lipinski definition) is 2. The number of hydrogen-bond donors (Lipinski definition) is 1. The molecule has 1 aromatic carbocycles. The number of aromatic carboxylic acids is 1. The van der Waals surface area contributed by atoms with Crippen LogP contribution in [-0.2, 0) is 0 Å². The number of carboxylic acid groups (broad SMARTS) is 1. The molecular formula is C15H22O3. The van der Waals surface area contributed by atoms with Gasteiger partial charge in [-0.05, 0) is 31.0 Å². The van der Waals surface area contributed by atoms with Crippen molar-refractivity contribution in [1.82, 2.24) is 0 Å². The Morgan fingerprint density at radius 2 is 1.94 bits per heavy atom. The van der Waals surface area contributed by atoms with E-state index in [0.29, 0.717) is 12.4 Å². The Morgan fingerprint density at radius 1 is 1.22 bits per heavy atom. The monoisotopic (exact) mass is 250 g/mol. The summed E-state index contributed by atoms with van der Waals surface area (Å²) in [6, 6.07) is 5.18.